The largest absolute Gasteiger partial charge is 0.339 e. The summed E-state index contributed by atoms with van der Waals surface area (Å²) in [6.07, 6.45) is 6.63. The number of nitrogens with two attached hydrogens (primary N) is 1. The molecule has 0 radical (unpaired) electrons. The molecule has 0 bridgehead atoms. The van der Waals surface area contributed by atoms with Gasteiger partial charge in [0.25, 0.3) is 0 Å². The summed E-state index contributed by atoms with van der Waals surface area (Å²) in [6.45, 7) is 8.70. The van der Waals surface area contributed by atoms with Crippen molar-refractivity contribution in [1.29, 1.82) is 0 Å². The minimum absolute atomic E-state index is 0.177. The highest BCUT2D eigenvalue weighted by Crippen LogP contribution is 2.37. The molecule has 20 heavy (non-hydrogen) atoms. The maximum absolute atomic E-state index is 5.99. The van der Waals surface area contributed by atoms with Gasteiger partial charge in [0.15, 0.2) is 5.82 Å². The molecule has 1 fully saturated rings. The lowest BCUT2D eigenvalue weighted by Gasteiger charge is -2.29. The van der Waals surface area contributed by atoms with E-state index in [0.29, 0.717) is 5.92 Å². The van der Waals surface area contributed by atoms with Gasteiger partial charge in [-0.25, -0.2) is 0 Å². The number of aryl methyl sites for hydroxylation is 1. The molecule has 1 aromatic heterocycles. The van der Waals surface area contributed by atoms with Gasteiger partial charge in [-0.3, -0.25) is 0 Å². The van der Waals surface area contributed by atoms with Gasteiger partial charge in [0.1, 0.15) is 0 Å². The van der Waals surface area contributed by atoms with Crippen molar-refractivity contribution in [3.8, 4) is 0 Å². The van der Waals surface area contributed by atoms with Crippen LogP contribution in [-0.2, 0) is 6.42 Å². The summed E-state index contributed by atoms with van der Waals surface area (Å²) in [7, 11) is 0. The molecule has 0 amide bonds. The van der Waals surface area contributed by atoms with Crippen LogP contribution in [0.2, 0.25) is 0 Å². The fourth-order valence-corrected chi connectivity index (χ4v) is 3.01. The molecule has 4 nitrogen and oxygen atoms in total. The average molecular weight is 279 g/mol. The number of hydrogen-bond donors (Lipinski definition) is 1. The lowest BCUT2D eigenvalue weighted by molar-refractivity contribution is 0.251. The van der Waals surface area contributed by atoms with Gasteiger partial charge in [0, 0.05) is 17.9 Å². The van der Waals surface area contributed by atoms with E-state index in [2.05, 4.69) is 24.0 Å². The van der Waals surface area contributed by atoms with E-state index in [4.69, 9.17) is 10.3 Å². The molecule has 0 spiro atoms. The normalized spacial score (nSPS) is 24.3. The zero-order chi connectivity index (χ0) is 14.8. The first-order chi connectivity index (χ1) is 9.35. The predicted octanol–water partition coefficient (Wildman–Crippen LogP) is 3.67. The molecule has 1 heterocycles. The lowest BCUT2D eigenvalue weighted by atomic mass is 9.77. The van der Waals surface area contributed by atoms with Crippen molar-refractivity contribution in [2.75, 3.05) is 0 Å². The second-order valence-electron chi connectivity index (χ2n) is 7.39. The second-order valence-corrected chi connectivity index (χ2v) is 7.39. The third-order valence-corrected chi connectivity index (χ3v) is 4.55. The van der Waals surface area contributed by atoms with Crippen molar-refractivity contribution in [3.05, 3.63) is 11.7 Å². The molecule has 0 atom stereocenters. The Bertz CT molecular complexity index is 412. The highest BCUT2D eigenvalue weighted by Gasteiger charge is 2.27. The molecule has 0 aliphatic heterocycles. The number of nitrogens with zero attached hydrogens (tertiary/aromatic N) is 2. The smallest absolute Gasteiger partial charge is 0.226 e. The van der Waals surface area contributed by atoms with E-state index in [1.807, 2.05) is 13.8 Å². The Morgan fingerprint density at radius 2 is 1.90 bits per heavy atom. The minimum Gasteiger partial charge on any atom is -0.339 e. The van der Waals surface area contributed by atoms with E-state index >= 15 is 0 Å². The van der Waals surface area contributed by atoms with Gasteiger partial charge in [0.2, 0.25) is 5.89 Å². The Kier molecular flexibility index (Phi) is 4.84. The maximum Gasteiger partial charge on any atom is 0.226 e. The summed E-state index contributed by atoms with van der Waals surface area (Å²) in [5.74, 6) is 3.81. The molecule has 2 rings (SSSR count). The molecule has 1 saturated carbocycles. The fraction of sp³-hybridized carbons (Fsp3) is 0.875. The van der Waals surface area contributed by atoms with Gasteiger partial charge < -0.3 is 10.3 Å². The summed E-state index contributed by atoms with van der Waals surface area (Å²) in [6, 6.07) is 0. The fourth-order valence-electron chi connectivity index (χ4n) is 3.01. The summed E-state index contributed by atoms with van der Waals surface area (Å²) >= 11 is 0. The molecule has 0 aromatic carbocycles. The Morgan fingerprint density at radius 3 is 2.45 bits per heavy atom. The summed E-state index contributed by atoms with van der Waals surface area (Å²) in [5, 5.41) is 4.18. The maximum atomic E-state index is 5.99. The van der Waals surface area contributed by atoms with E-state index in [0.717, 1.165) is 36.4 Å². The number of rotatable bonds is 5. The van der Waals surface area contributed by atoms with Crippen molar-refractivity contribution in [2.45, 2.75) is 77.7 Å². The Morgan fingerprint density at radius 1 is 1.25 bits per heavy atom. The van der Waals surface area contributed by atoms with Crippen LogP contribution in [0.5, 0.6) is 0 Å². The number of hydrogen-bond acceptors (Lipinski definition) is 4. The van der Waals surface area contributed by atoms with E-state index in [-0.39, 0.29) is 5.54 Å². The van der Waals surface area contributed by atoms with Crippen LogP contribution in [-0.4, -0.2) is 15.7 Å². The molecular weight excluding hydrogens is 250 g/mol. The number of aromatic nitrogens is 2. The predicted molar refractivity (Wildman–Crippen MR) is 80.4 cm³/mol. The molecule has 1 aliphatic carbocycles. The second kappa shape index (κ2) is 6.25. The molecule has 114 valence electrons. The van der Waals surface area contributed by atoms with Crippen LogP contribution >= 0.6 is 0 Å². The standard InChI is InChI=1S/C16H29N3O/c1-11(2)12-5-7-13(8-6-12)15-18-14(20-19-15)9-10-16(3,4)17/h11-13H,5-10,17H2,1-4H3. The highest BCUT2D eigenvalue weighted by atomic mass is 16.5. The molecule has 1 aromatic rings. The van der Waals surface area contributed by atoms with Crippen LogP contribution in [0, 0.1) is 11.8 Å². The Labute approximate surface area is 122 Å². The molecule has 1 aliphatic rings. The van der Waals surface area contributed by atoms with E-state index < -0.39 is 0 Å². The quantitative estimate of drug-likeness (QED) is 0.893. The van der Waals surface area contributed by atoms with Gasteiger partial charge in [-0.15, -0.1) is 0 Å². The summed E-state index contributed by atoms with van der Waals surface area (Å²) in [5.41, 5.74) is 5.81. The third-order valence-electron chi connectivity index (χ3n) is 4.55. The van der Waals surface area contributed by atoms with Gasteiger partial charge in [-0.1, -0.05) is 19.0 Å². The average Bonchev–Trinajstić information content (AvgIpc) is 2.84. The topological polar surface area (TPSA) is 64.9 Å². The molecule has 4 heteroatoms. The van der Waals surface area contributed by atoms with Crippen LogP contribution in [0.4, 0.5) is 0 Å². The first-order valence-corrected chi connectivity index (χ1v) is 7.96. The Balaban J connectivity index is 1.87. The SMILES string of the molecule is CC(C)C1CCC(c2noc(CCC(C)(C)N)n2)CC1. The monoisotopic (exact) mass is 279 g/mol. The van der Waals surface area contributed by atoms with Crippen LogP contribution in [0.3, 0.4) is 0 Å². The van der Waals surface area contributed by atoms with Gasteiger partial charge >= 0.3 is 0 Å². The summed E-state index contributed by atoms with van der Waals surface area (Å²) < 4.78 is 5.37. The van der Waals surface area contributed by atoms with Crippen LogP contribution in [0.15, 0.2) is 4.52 Å². The van der Waals surface area contributed by atoms with Crippen molar-refractivity contribution < 1.29 is 4.52 Å². The Hall–Kier alpha value is -0.900. The van der Waals surface area contributed by atoms with Crippen LogP contribution < -0.4 is 5.73 Å². The minimum atomic E-state index is -0.177. The first-order valence-electron chi connectivity index (χ1n) is 7.96. The zero-order valence-corrected chi connectivity index (χ0v) is 13.4. The highest BCUT2D eigenvalue weighted by molar-refractivity contribution is 4.98. The molecule has 2 N–H and O–H groups in total. The van der Waals surface area contributed by atoms with E-state index in [1.165, 1.54) is 25.7 Å². The lowest BCUT2D eigenvalue weighted by Crippen LogP contribution is -2.32. The van der Waals surface area contributed by atoms with Crippen molar-refractivity contribution in [3.63, 3.8) is 0 Å². The van der Waals surface area contributed by atoms with E-state index in [1.54, 1.807) is 0 Å². The van der Waals surface area contributed by atoms with Crippen LogP contribution in [0.25, 0.3) is 0 Å². The molecule has 0 saturated heterocycles. The molecular formula is C16H29N3O. The molecule has 0 unspecified atom stereocenters. The van der Waals surface area contributed by atoms with Crippen molar-refractivity contribution in [1.82, 2.24) is 10.1 Å². The van der Waals surface area contributed by atoms with E-state index in [9.17, 15) is 0 Å². The van der Waals surface area contributed by atoms with Gasteiger partial charge in [0.05, 0.1) is 0 Å². The third kappa shape index (κ3) is 4.30. The van der Waals surface area contributed by atoms with Crippen molar-refractivity contribution >= 4 is 0 Å². The van der Waals surface area contributed by atoms with Crippen molar-refractivity contribution in [2.24, 2.45) is 17.6 Å². The van der Waals surface area contributed by atoms with Crippen LogP contribution in [0.1, 0.15) is 77.4 Å². The van der Waals surface area contributed by atoms with Gasteiger partial charge in [-0.2, -0.15) is 4.98 Å². The van der Waals surface area contributed by atoms with Gasteiger partial charge in [-0.05, 0) is 57.8 Å². The first kappa shape index (κ1) is 15.5. The zero-order valence-electron chi connectivity index (χ0n) is 13.4. The summed E-state index contributed by atoms with van der Waals surface area (Å²) in [4.78, 5) is 4.57.